The zero-order chi connectivity index (χ0) is 26.7. The van der Waals surface area contributed by atoms with E-state index in [-0.39, 0.29) is 21.9 Å². The fourth-order valence-corrected chi connectivity index (χ4v) is 4.87. The van der Waals surface area contributed by atoms with Gasteiger partial charge in [0.25, 0.3) is 5.91 Å². The molecule has 1 amide bonds. The number of para-hydroxylation sites is 1. The van der Waals surface area contributed by atoms with Crippen molar-refractivity contribution >= 4 is 44.2 Å². The number of benzene rings is 3. The average molecular weight is 539 g/mol. The number of rotatable bonds is 8. The van der Waals surface area contributed by atoms with Crippen LogP contribution in [0.3, 0.4) is 0 Å². The summed E-state index contributed by atoms with van der Waals surface area (Å²) < 4.78 is 28.8. The minimum atomic E-state index is -3.51. The van der Waals surface area contributed by atoms with Crippen LogP contribution in [0.2, 0.25) is 5.02 Å². The van der Waals surface area contributed by atoms with Crippen molar-refractivity contribution in [3.63, 3.8) is 0 Å². The van der Waals surface area contributed by atoms with Gasteiger partial charge in [-0.1, -0.05) is 35.9 Å². The molecule has 0 bridgehead atoms. The van der Waals surface area contributed by atoms with Gasteiger partial charge in [-0.2, -0.15) is 0 Å². The number of aliphatic carboxylic acids is 1. The first-order valence-electron chi connectivity index (χ1n) is 11.1. The molecule has 2 N–H and O–H groups in total. The third-order valence-electron chi connectivity index (χ3n) is 5.79. The van der Waals surface area contributed by atoms with Gasteiger partial charge in [0.15, 0.2) is 9.84 Å². The molecular weight excluding hydrogens is 516 g/mol. The highest BCUT2D eigenvalue weighted by Crippen LogP contribution is 2.30. The van der Waals surface area contributed by atoms with Crippen LogP contribution in [0.5, 0.6) is 5.75 Å². The van der Waals surface area contributed by atoms with Gasteiger partial charge in [-0.25, -0.2) is 18.2 Å². The van der Waals surface area contributed by atoms with Gasteiger partial charge < -0.3 is 15.2 Å². The smallest absolute Gasteiger partial charge is 0.326 e. The molecule has 1 atom stereocenters. The number of carboxylic acids is 1. The van der Waals surface area contributed by atoms with Crippen LogP contribution in [0, 0.1) is 0 Å². The lowest BCUT2D eigenvalue weighted by atomic mass is 10.0. The molecular formula is C27H23ClN2O6S. The Hall–Kier alpha value is -3.95. The average Bonchev–Trinajstić information content (AvgIpc) is 2.87. The number of ether oxygens (including phenoxy) is 1. The summed E-state index contributed by atoms with van der Waals surface area (Å²) in [4.78, 5) is 29.3. The number of nitrogens with one attached hydrogen (secondary N) is 1. The summed E-state index contributed by atoms with van der Waals surface area (Å²) in [7, 11) is -1.91. The lowest BCUT2D eigenvalue weighted by molar-refractivity contribution is -0.139. The summed E-state index contributed by atoms with van der Waals surface area (Å²) in [6, 6.07) is 19.1. The summed E-state index contributed by atoms with van der Waals surface area (Å²) in [5, 5.41) is 12.9. The van der Waals surface area contributed by atoms with Crippen LogP contribution in [-0.4, -0.2) is 49.8 Å². The van der Waals surface area contributed by atoms with Crippen LogP contribution >= 0.6 is 11.6 Å². The number of methoxy groups -OCH3 is 1. The molecule has 1 heterocycles. The zero-order valence-electron chi connectivity index (χ0n) is 19.9. The molecule has 1 aromatic heterocycles. The first kappa shape index (κ1) is 26.1. The molecule has 0 aliphatic carbocycles. The highest BCUT2D eigenvalue weighted by atomic mass is 35.5. The molecule has 4 rings (SSSR count). The Balaban J connectivity index is 1.55. The van der Waals surface area contributed by atoms with Gasteiger partial charge in [0.2, 0.25) is 0 Å². The number of fused-ring (bicyclic) bond motifs is 1. The van der Waals surface area contributed by atoms with Crippen LogP contribution < -0.4 is 10.1 Å². The molecule has 0 fully saturated rings. The first-order valence-corrected chi connectivity index (χ1v) is 13.4. The van der Waals surface area contributed by atoms with E-state index in [1.165, 1.54) is 12.1 Å². The van der Waals surface area contributed by atoms with Gasteiger partial charge in [0.1, 0.15) is 11.8 Å². The molecule has 0 aliphatic heterocycles. The van der Waals surface area contributed by atoms with Crippen molar-refractivity contribution in [2.45, 2.75) is 17.4 Å². The predicted octanol–water partition coefficient (Wildman–Crippen LogP) is 4.39. The fraction of sp³-hybridized carbons (Fsp3) is 0.148. The maximum absolute atomic E-state index is 12.7. The van der Waals surface area contributed by atoms with Gasteiger partial charge >= 0.3 is 5.97 Å². The molecule has 4 aromatic rings. The van der Waals surface area contributed by atoms with Crippen molar-refractivity contribution < 1.29 is 27.9 Å². The number of aromatic nitrogens is 1. The van der Waals surface area contributed by atoms with Crippen molar-refractivity contribution in [1.82, 2.24) is 10.3 Å². The predicted molar refractivity (Wildman–Crippen MR) is 141 cm³/mol. The molecule has 190 valence electrons. The highest BCUT2D eigenvalue weighted by Gasteiger charge is 2.23. The second kappa shape index (κ2) is 10.6. The lowest BCUT2D eigenvalue weighted by Gasteiger charge is -2.16. The summed E-state index contributed by atoms with van der Waals surface area (Å²) in [5.41, 5.74) is 2.98. The second-order valence-electron chi connectivity index (χ2n) is 8.41. The Bertz CT molecular complexity index is 1620. The molecule has 3 aromatic carbocycles. The SMILES string of the molecule is COc1ccccc1-c1ccc2cc(CC(NC(=O)c3ccc(S(C)(=O)=O)cc3Cl)C(=O)O)ccc2n1. The number of carbonyl (C=O) groups is 2. The van der Waals surface area contributed by atoms with Crippen molar-refractivity contribution in [3.05, 3.63) is 88.9 Å². The maximum atomic E-state index is 12.7. The molecule has 1 unspecified atom stereocenters. The van der Waals surface area contributed by atoms with Gasteiger partial charge in [-0.15, -0.1) is 0 Å². The number of sulfone groups is 1. The van der Waals surface area contributed by atoms with Crippen molar-refractivity contribution in [2.24, 2.45) is 0 Å². The number of carbonyl (C=O) groups excluding carboxylic acids is 1. The van der Waals surface area contributed by atoms with Gasteiger partial charge in [0, 0.05) is 23.6 Å². The number of carboxylic acid groups (broad SMARTS) is 1. The van der Waals surface area contributed by atoms with Crippen molar-refractivity contribution in [1.29, 1.82) is 0 Å². The van der Waals surface area contributed by atoms with E-state index in [2.05, 4.69) is 5.32 Å². The molecule has 8 nitrogen and oxygen atoms in total. The molecule has 10 heteroatoms. The number of halogens is 1. The summed E-state index contributed by atoms with van der Waals surface area (Å²) in [6.07, 6.45) is 1.04. The van der Waals surface area contributed by atoms with Crippen LogP contribution in [-0.2, 0) is 21.1 Å². The third kappa shape index (κ3) is 5.90. The normalized spacial score (nSPS) is 12.2. The Labute approximate surface area is 218 Å². The van der Waals surface area contributed by atoms with Gasteiger partial charge in [-0.05, 0) is 54.1 Å². The van der Waals surface area contributed by atoms with E-state index in [0.29, 0.717) is 11.3 Å². The van der Waals surface area contributed by atoms with Crippen LogP contribution in [0.1, 0.15) is 15.9 Å². The van der Waals surface area contributed by atoms with E-state index in [0.717, 1.165) is 34.5 Å². The highest BCUT2D eigenvalue weighted by molar-refractivity contribution is 7.90. The van der Waals surface area contributed by atoms with E-state index in [9.17, 15) is 23.1 Å². The van der Waals surface area contributed by atoms with E-state index >= 15 is 0 Å². The Morgan fingerprint density at radius 3 is 2.49 bits per heavy atom. The number of nitrogens with zero attached hydrogens (tertiary/aromatic N) is 1. The molecule has 37 heavy (non-hydrogen) atoms. The molecule has 0 radical (unpaired) electrons. The molecule has 0 saturated carbocycles. The zero-order valence-corrected chi connectivity index (χ0v) is 21.5. The number of hydrogen-bond donors (Lipinski definition) is 2. The fourth-order valence-electron chi connectivity index (χ4n) is 3.89. The van der Waals surface area contributed by atoms with Crippen LogP contribution in [0.4, 0.5) is 0 Å². The number of hydrogen-bond acceptors (Lipinski definition) is 6. The molecule has 0 aliphatic rings. The Morgan fingerprint density at radius 2 is 1.81 bits per heavy atom. The Kier molecular flexibility index (Phi) is 7.47. The summed E-state index contributed by atoms with van der Waals surface area (Å²) in [5.74, 6) is -1.24. The van der Waals surface area contributed by atoms with Crippen LogP contribution in [0.25, 0.3) is 22.2 Å². The topological polar surface area (TPSA) is 123 Å². The maximum Gasteiger partial charge on any atom is 0.326 e. The number of pyridine rings is 1. The molecule has 0 saturated heterocycles. The second-order valence-corrected chi connectivity index (χ2v) is 10.8. The Morgan fingerprint density at radius 1 is 1.05 bits per heavy atom. The quantitative estimate of drug-likeness (QED) is 0.341. The van der Waals surface area contributed by atoms with Gasteiger partial charge in [-0.3, -0.25) is 4.79 Å². The number of amides is 1. The first-order chi connectivity index (χ1) is 17.6. The largest absolute Gasteiger partial charge is 0.496 e. The lowest BCUT2D eigenvalue weighted by Crippen LogP contribution is -2.42. The standard InChI is InChI=1S/C27H23ClN2O6S/c1-36-25-6-4-3-5-20(25)23-12-8-17-13-16(7-11-22(17)29-23)14-24(27(32)33)30-26(31)19-10-9-18(15-21(19)28)37(2,34)35/h3-13,15,24H,14H2,1-2H3,(H,30,31)(H,32,33). The minimum absolute atomic E-state index is 0.0182. The minimum Gasteiger partial charge on any atom is -0.496 e. The van der Waals surface area contributed by atoms with E-state index in [4.69, 9.17) is 21.3 Å². The van der Waals surface area contributed by atoms with Gasteiger partial charge in [0.05, 0.1) is 33.8 Å². The monoisotopic (exact) mass is 538 g/mol. The van der Waals surface area contributed by atoms with E-state index < -0.39 is 27.8 Å². The van der Waals surface area contributed by atoms with Crippen LogP contribution in [0.15, 0.2) is 77.7 Å². The summed E-state index contributed by atoms with van der Waals surface area (Å²) in [6.45, 7) is 0. The van der Waals surface area contributed by atoms with Crippen molar-refractivity contribution in [2.75, 3.05) is 13.4 Å². The van der Waals surface area contributed by atoms with E-state index in [1.54, 1.807) is 19.2 Å². The van der Waals surface area contributed by atoms with Crippen molar-refractivity contribution in [3.8, 4) is 17.0 Å². The molecule has 0 spiro atoms. The third-order valence-corrected chi connectivity index (χ3v) is 7.22. The van der Waals surface area contributed by atoms with E-state index in [1.807, 2.05) is 42.5 Å². The summed E-state index contributed by atoms with van der Waals surface area (Å²) >= 11 is 6.11.